The average Bonchev–Trinajstić information content (AvgIpc) is 2.77. The van der Waals surface area contributed by atoms with E-state index in [1.54, 1.807) is 6.08 Å². The van der Waals surface area contributed by atoms with Crippen LogP contribution in [0.3, 0.4) is 0 Å². The summed E-state index contributed by atoms with van der Waals surface area (Å²) in [6, 6.07) is 3.91. The number of nitrogens with zero attached hydrogens (tertiary/aromatic N) is 1. The molecule has 1 fully saturated rings. The van der Waals surface area contributed by atoms with Crippen LogP contribution in [0.4, 0.5) is 0 Å². The van der Waals surface area contributed by atoms with Crippen molar-refractivity contribution in [3.05, 3.63) is 22.2 Å². The van der Waals surface area contributed by atoms with Crippen LogP contribution in [-0.2, 0) is 10.3 Å². The molecule has 0 spiro atoms. The zero-order valence-electron chi connectivity index (χ0n) is 11.2. The average molecular weight is 338 g/mol. The molecule has 20 heavy (non-hydrogen) atoms. The number of benzene rings is 1. The summed E-state index contributed by atoms with van der Waals surface area (Å²) in [7, 11) is 0. The van der Waals surface area contributed by atoms with Gasteiger partial charge in [-0.15, -0.1) is 0 Å². The molecule has 0 aromatic heterocycles. The third-order valence-corrected chi connectivity index (χ3v) is 4.83. The van der Waals surface area contributed by atoms with Gasteiger partial charge in [-0.1, -0.05) is 18.9 Å². The van der Waals surface area contributed by atoms with Crippen LogP contribution in [-0.4, -0.2) is 19.3 Å². The zero-order valence-corrected chi connectivity index (χ0v) is 12.7. The molecule has 4 nitrogen and oxygen atoms in total. The molecule has 0 saturated heterocycles. The minimum absolute atomic E-state index is 0.453. The fraction of sp³-hybridized carbons (Fsp3) is 0.533. The summed E-state index contributed by atoms with van der Waals surface area (Å²) in [4.78, 5) is 15.0. The summed E-state index contributed by atoms with van der Waals surface area (Å²) in [6.07, 6.45) is 6.52. The minimum Gasteiger partial charge on any atom is -0.490 e. The Balaban J connectivity index is 2.10. The van der Waals surface area contributed by atoms with Gasteiger partial charge in [-0.05, 0) is 40.4 Å². The van der Waals surface area contributed by atoms with Gasteiger partial charge >= 0.3 is 0 Å². The zero-order chi connectivity index (χ0) is 14.0. The monoisotopic (exact) mass is 337 g/mol. The summed E-state index contributed by atoms with van der Waals surface area (Å²) in [6.45, 7) is 1.30. The number of aliphatic imine (C=N–C) groups is 1. The van der Waals surface area contributed by atoms with Gasteiger partial charge in [0.05, 0.1) is 23.2 Å². The molecule has 2 aliphatic rings. The summed E-state index contributed by atoms with van der Waals surface area (Å²) >= 11 is 3.62. The van der Waals surface area contributed by atoms with Crippen LogP contribution in [0.5, 0.6) is 11.5 Å². The van der Waals surface area contributed by atoms with Crippen LogP contribution in [0.15, 0.2) is 21.6 Å². The highest BCUT2D eigenvalue weighted by atomic mass is 79.9. The highest BCUT2D eigenvalue weighted by molar-refractivity contribution is 9.10. The molecule has 1 aromatic carbocycles. The number of carbonyl (C=O) groups excluding carboxylic acids is 1. The molecule has 5 heteroatoms. The lowest BCUT2D eigenvalue weighted by Crippen LogP contribution is -2.20. The standard InChI is InChI=1S/C15H16BrNO3/c16-13-11(15(17-10-18)6-1-2-7-15)4-5-12-14(13)20-9-3-8-19-12/h4-5H,1-3,6-9H2. The second-order valence-electron chi connectivity index (χ2n) is 5.25. The van der Waals surface area contributed by atoms with Crippen molar-refractivity contribution in [2.45, 2.75) is 37.6 Å². The van der Waals surface area contributed by atoms with Gasteiger partial charge in [-0.25, -0.2) is 4.79 Å². The van der Waals surface area contributed by atoms with Crippen LogP contribution in [0.25, 0.3) is 0 Å². The SMILES string of the molecule is O=C=NC1(c2ccc3c(c2Br)OCCCO3)CCCC1. The number of hydrogen-bond donors (Lipinski definition) is 0. The van der Waals surface area contributed by atoms with Crippen molar-refractivity contribution in [1.29, 1.82) is 0 Å². The summed E-state index contributed by atoms with van der Waals surface area (Å²) in [5.41, 5.74) is 0.549. The van der Waals surface area contributed by atoms with E-state index in [-0.39, 0.29) is 0 Å². The molecule has 0 N–H and O–H groups in total. The van der Waals surface area contributed by atoms with E-state index in [2.05, 4.69) is 20.9 Å². The van der Waals surface area contributed by atoms with E-state index in [1.165, 1.54) is 0 Å². The molecular weight excluding hydrogens is 322 g/mol. The number of isocyanates is 1. The molecule has 1 aliphatic heterocycles. The van der Waals surface area contributed by atoms with E-state index in [4.69, 9.17) is 9.47 Å². The smallest absolute Gasteiger partial charge is 0.235 e. The molecule has 0 atom stereocenters. The molecule has 1 saturated carbocycles. The van der Waals surface area contributed by atoms with Crippen molar-refractivity contribution >= 4 is 22.0 Å². The van der Waals surface area contributed by atoms with Crippen LogP contribution in [0.2, 0.25) is 0 Å². The third kappa shape index (κ3) is 2.25. The van der Waals surface area contributed by atoms with E-state index in [0.717, 1.165) is 53.6 Å². The highest BCUT2D eigenvalue weighted by Crippen LogP contribution is 2.49. The van der Waals surface area contributed by atoms with E-state index in [9.17, 15) is 4.79 Å². The van der Waals surface area contributed by atoms with Crippen LogP contribution >= 0.6 is 15.9 Å². The number of ether oxygens (including phenoxy) is 2. The quantitative estimate of drug-likeness (QED) is 0.610. The van der Waals surface area contributed by atoms with Gasteiger partial charge in [0.1, 0.15) is 0 Å². The fourth-order valence-electron chi connectivity index (χ4n) is 3.05. The van der Waals surface area contributed by atoms with E-state index >= 15 is 0 Å². The largest absolute Gasteiger partial charge is 0.490 e. The lowest BCUT2D eigenvalue weighted by Gasteiger charge is -2.25. The third-order valence-electron chi connectivity index (χ3n) is 4.05. The number of fused-ring (bicyclic) bond motifs is 1. The first-order valence-corrected chi connectivity index (χ1v) is 7.74. The van der Waals surface area contributed by atoms with E-state index < -0.39 is 5.54 Å². The minimum atomic E-state index is -0.453. The van der Waals surface area contributed by atoms with Gasteiger partial charge in [0.25, 0.3) is 0 Å². The normalized spacial score (nSPS) is 20.1. The number of rotatable bonds is 2. The number of halogens is 1. The Morgan fingerprint density at radius 2 is 1.90 bits per heavy atom. The van der Waals surface area contributed by atoms with Gasteiger partial charge in [-0.3, -0.25) is 0 Å². The Morgan fingerprint density at radius 1 is 1.15 bits per heavy atom. The highest BCUT2D eigenvalue weighted by Gasteiger charge is 2.38. The Kier molecular flexibility index (Phi) is 3.81. The van der Waals surface area contributed by atoms with E-state index in [1.807, 2.05) is 12.1 Å². The van der Waals surface area contributed by atoms with Crippen molar-refractivity contribution in [1.82, 2.24) is 0 Å². The predicted octanol–water partition coefficient (Wildman–Crippen LogP) is 3.72. The maximum atomic E-state index is 10.8. The fourth-order valence-corrected chi connectivity index (χ4v) is 3.86. The molecule has 0 bridgehead atoms. The van der Waals surface area contributed by atoms with Crippen LogP contribution in [0, 0.1) is 0 Å². The van der Waals surface area contributed by atoms with Crippen molar-refractivity contribution in [2.75, 3.05) is 13.2 Å². The first-order valence-electron chi connectivity index (χ1n) is 6.94. The molecule has 106 valence electrons. The summed E-state index contributed by atoms with van der Waals surface area (Å²) in [5, 5.41) is 0. The Bertz CT molecular complexity index is 560. The van der Waals surface area contributed by atoms with Gasteiger partial charge in [0.2, 0.25) is 6.08 Å². The van der Waals surface area contributed by atoms with Gasteiger partial charge < -0.3 is 9.47 Å². The van der Waals surface area contributed by atoms with Crippen LogP contribution in [0.1, 0.15) is 37.7 Å². The van der Waals surface area contributed by atoms with Crippen molar-refractivity contribution in [3.8, 4) is 11.5 Å². The van der Waals surface area contributed by atoms with Crippen molar-refractivity contribution < 1.29 is 14.3 Å². The summed E-state index contributed by atoms with van der Waals surface area (Å²) in [5.74, 6) is 1.48. The van der Waals surface area contributed by atoms with Crippen molar-refractivity contribution in [2.24, 2.45) is 4.99 Å². The molecule has 1 heterocycles. The van der Waals surface area contributed by atoms with Crippen molar-refractivity contribution in [3.63, 3.8) is 0 Å². The Morgan fingerprint density at radius 3 is 2.65 bits per heavy atom. The predicted molar refractivity (Wildman–Crippen MR) is 78.0 cm³/mol. The topological polar surface area (TPSA) is 47.9 Å². The maximum Gasteiger partial charge on any atom is 0.235 e. The molecule has 1 aromatic rings. The Labute approximate surface area is 126 Å². The second kappa shape index (κ2) is 5.58. The molecule has 0 radical (unpaired) electrons. The van der Waals surface area contributed by atoms with Crippen LogP contribution < -0.4 is 9.47 Å². The first kappa shape index (κ1) is 13.7. The summed E-state index contributed by atoms with van der Waals surface area (Å²) < 4.78 is 12.3. The molecule has 1 aliphatic carbocycles. The maximum absolute atomic E-state index is 10.8. The van der Waals surface area contributed by atoms with Gasteiger partial charge in [-0.2, -0.15) is 4.99 Å². The Hall–Kier alpha value is -1.32. The molecular formula is C15H16BrNO3. The molecule has 3 rings (SSSR count). The number of hydrogen-bond acceptors (Lipinski definition) is 4. The lowest BCUT2D eigenvalue weighted by molar-refractivity contribution is 0.296. The molecule has 0 amide bonds. The van der Waals surface area contributed by atoms with E-state index in [0.29, 0.717) is 13.2 Å². The second-order valence-corrected chi connectivity index (χ2v) is 6.04. The van der Waals surface area contributed by atoms with Gasteiger partial charge in [0, 0.05) is 6.42 Å². The lowest BCUT2D eigenvalue weighted by atomic mass is 9.88. The molecule has 0 unspecified atom stereocenters. The first-order chi connectivity index (χ1) is 9.77. The van der Waals surface area contributed by atoms with Gasteiger partial charge in [0.15, 0.2) is 11.5 Å².